The molecule has 1 aromatic rings. The van der Waals surface area contributed by atoms with Crippen molar-refractivity contribution in [1.29, 1.82) is 0 Å². The standard InChI is InChI=1S/C35H44F3NO7/c1-3-4-5-6-7-8-9-10-11-12-13-14-15-16-17-18-19-20-21-22-32(41)39-30(33(42)43)26-45-34(44)29-24-23-28(35(36,37)38)25-31(29)46-27(2)40/h4-5,7-8,10-11,13-14,16-17,19-20,23-25,30,32,39,41H,3,6,9,12,15,18,21-22,26H2,1-2H3,(H,42,43). The molecule has 2 atom stereocenters. The lowest BCUT2D eigenvalue weighted by atomic mass is 10.1. The molecule has 0 aromatic heterocycles. The average molecular weight is 648 g/mol. The van der Waals surface area contributed by atoms with Gasteiger partial charge in [-0.15, -0.1) is 0 Å². The summed E-state index contributed by atoms with van der Waals surface area (Å²) in [6, 6.07) is 0.350. The average Bonchev–Trinajstić information content (AvgIpc) is 2.99. The van der Waals surface area contributed by atoms with E-state index in [1.165, 1.54) is 0 Å². The Morgan fingerprint density at radius 3 is 1.80 bits per heavy atom. The molecule has 0 spiro atoms. The Hall–Kier alpha value is -4.22. The van der Waals surface area contributed by atoms with Gasteiger partial charge < -0.3 is 19.7 Å². The van der Waals surface area contributed by atoms with Gasteiger partial charge in [0.05, 0.1) is 5.56 Å². The summed E-state index contributed by atoms with van der Waals surface area (Å²) in [7, 11) is 0. The Bertz CT molecular complexity index is 1260. The molecule has 46 heavy (non-hydrogen) atoms. The van der Waals surface area contributed by atoms with Crippen LogP contribution >= 0.6 is 0 Å². The maximum Gasteiger partial charge on any atom is 0.416 e. The summed E-state index contributed by atoms with van der Waals surface area (Å²) < 4.78 is 48.7. The van der Waals surface area contributed by atoms with Crippen LogP contribution in [0.15, 0.2) is 91.1 Å². The van der Waals surface area contributed by atoms with E-state index in [4.69, 9.17) is 9.47 Å². The molecule has 3 N–H and O–H groups in total. The first-order valence-corrected chi connectivity index (χ1v) is 15.1. The number of carboxylic acids is 1. The number of aliphatic hydroxyl groups excluding tert-OH is 1. The van der Waals surface area contributed by atoms with Crippen LogP contribution in [0.4, 0.5) is 13.2 Å². The third kappa shape index (κ3) is 18.6. The van der Waals surface area contributed by atoms with E-state index in [1.54, 1.807) is 0 Å². The minimum absolute atomic E-state index is 0.176. The van der Waals surface area contributed by atoms with Crippen molar-refractivity contribution in [2.75, 3.05) is 6.61 Å². The molecule has 0 aliphatic carbocycles. The maximum atomic E-state index is 13.0. The van der Waals surface area contributed by atoms with Crippen molar-refractivity contribution < 1.29 is 47.2 Å². The predicted octanol–water partition coefficient (Wildman–Crippen LogP) is 7.63. The normalized spacial score (nSPS) is 14.0. The van der Waals surface area contributed by atoms with Gasteiger partial charge in [0.15, 0.2) is 0 Å². The van der Waals surface area contributed by atoms with E-state index < -0.39 is 59.8 Å². The van der Waals surface area contributed by atoms with Gasteiger partial charge in [-0.1, -0.05) is 79.8 Å². The lowest BCUT2D eigenvalue weighted by molar-refractivity contribution is -0.142. The van der Waals surface area contributed by atoms with Crippen LogP contribution in [0.2, 0.25) is 0 Å². The van der Waals surface area contributed by atoms with Gasteiger partial charge in [0, 0.05) is 6.92 Å². The molecule has 252 valence electrons. The Morgan fingerprint density at radius 1 is 0.848 bits per heavy atom. The zero-order valence-corrected chi connectivity index (χ0v) is 26.2. The number of nitrogens with one attached hydrogen (secondary N) is 1. The van der Waals surface area contributed by atoms with E-state index in [2.05, 4.69) is 60.8 Å². The molecule has 0 aliphatic rings. The van der Waals surface area contributed by atoms with Gasteiger partial charge in [-0.25, -0.2) is 4.79 Å². The van der Waals surface area contributed by atoms with Crippen LogP contribution in [0.3, 0.4) is 0 Å². The molecular formula is C35H44F3NO7. The second kappa shape index (κ2) is 23.2. The number of aliphatic hydroxyl groups is 1. The van der Waals surface area contributed by atoms with Gasteiger partial charge in [0.2, 0.25) is 0 Å². The number of esters is 2. The predicted molar refractivity (Wildman–Crippen MR) is 171 cm³/mol. The van der Waals surface area contributed by atoms with Crippen molar-refractivity contribution in [3.8, 4) is 5.75 Å². The van der Waals surface area contributed by atoms with Crippen molar-refractivity contribution in [3.05, 3.63) is 102 Å². The second-order valence-electron chi connectivity index (χ2n) is 9.97. The van der Waals surface area contributed by atoms with Crippen LogP contribution in [-0.2, 0) is 20.5 Å². The lowest BCUT2D eigenvalue weighted by Gasteiger charge is -2.19. The summed E-state index contributed by atoms with van der Waals surface area (Å²) in [5.41, 5.74) is -1.65. The fourth-order valence-electron chi connectivity index (χ4n) is 3.74. The second-order valence-corrected chi connectivity index (χ2v) is 9.97. The number of hydrogen-bond acceptors (Lipinski definition) is 7. The number of hydrogen-bond donors (Lipinski definition) is 3. The Kier molecular flexibility index (Phi) is 20.0. The first-order valence-electron chi connectivity index (χ1n) is 15.1. The number of alkyl halides is 3. The molecule has 2 unspecified atom stereocenters. The fourth-order valence-corrected chi connectivity index (χ4v) is 3.74. The van der Waals surface area contributed by atoms with Crippen molar-refractivity contribution in [1.82, 2.24) is 5.32 Å². The first kappa shape index (κ1) is 39.8. The minimum atomic E-state index is -4.75. The topological polar surface area (TPSA) is 122 Å². The molecule has 11 heteroatoms. The molecule has 0 radical (unpaired) electrons. The molecule has 0 fully saturated rings. The molecule has 0 bridgehead atoms. The third-order valence-electron chi connectivity index (χ3n) is 6.06. The molecular weight excluding hydrogens is 603 g/mol. The molecule has 0 aliphatic heterocycles. The highest BCUT2D eigenvalue weighted by atomic mass is 19.4. The Labute approximate surface area is 268 Å². The number of benzene rings is 1. The summed E-state index contributed by atoms with van der Waals surface area (Å²) >= 11 is 0. The van der Waals surface area contributed by atoms with E-state index in [1.807, 2.05) is 24.3 Å². The fraction of sp³-hybridized carbons (Fsp3) is 0.400. The van der Waals surface area contributed by atoms with Crippen LogP contribution < -0.4 is 10.1 Å². The Morgan fingerprint density at radius 2 is 1.35 bits per heavy atom. The zero-order valence-electron chi connectivity index (χ0n) is 26.2. The van der Waals surface area contributed by atoms with Crippen LogP contribution in [0.25, 0.3) is 0 Å². The number of aliphatic carboxylic acids is 1. The zero-order chi connectivity index (χ0) is 34.2. The van der Waals surface area contributed by atoms with Crippen molar-refractivity contribution in [2.24, 2.45) is 0 Å². The number of halogens is 3. The van der Waals surface area contributed by atoms with Gasteiger partial charge in [-0.3, -0.25) is 14.9 Å². The minimum Gasteiger partial charge on any atom is -0.480 e. The number of allylic oxidation sites excluding steroid dienone is 12. The van der Waals surface area contributed by atoms with Gasteiger partial charge in [-0.2, -0.15) is 13.2 Å². The van der Waals surface area contributed by atoms with Gasteiger partial charge in [0.25, 0.3) is 0 Å². The summed E-state index contributed by atoms with van der Waals surface area (Å²) in [6.45, 7) is 2.32. The molecule has 8 nitrogen and oxygen atoms in total. The summed E-state index contributed by atoms with van der Waals surface area (Å²) in [6.07, 6.45) is 24.9. The van der Waals surface area contributed by atoms with E-state index in [0.29, 0.717) is 25.0 Å². The first-order chi connectivity index (χ1) is 22.0. The smallest absolute Gasteiger partial charge is 0.416 e. The molecule has 0 saturated carbocycles. The monoisotopic (exact) mass is 647 g/mol. The van der Waals surface area contributed by atoms with E-state index >= 15 is 0 Å². The van der Waals surface area contributed by atoms with Crippen molar-refractivity contribution in [3.63, 3.8) is 0 Å². The lowest BCUT2D eigenvalue weighted by Crippen LogP contribution is -2.46. The third-order valence-corrected chi connectivity index (χ3v) is 6.06. The SMILES string of the molecule is CCC=CCC=CCC=CCC=CCC=CCC=CCCC(O)NC(COC(=O)c1ccc(C(F)(F)F)cc1OC(C)=O)C(=O)O. The summed E-state index contributed by atoms with van der Waals surface area (Å²) in [4.78, 5) is 35.4. The van der Waals surface area contributed by atoms with E-state index in [-0.39, 0.29) is 6.42 Å². The van der Waals surface area contributed by atoms with Crippen molar-refractivity contribution in [2.45, 2.75) is 83.7 Å². The number of carbonyl (C=O) groups excluding carboxylic acids is 2. The van der Waals surface area contributed by atoms with Crippen LogP contribution in [0.5, 0.6) is 5.75 Å². The van der Waals surface area contributed by atoms with Crippen LogP contribution in [0, 0.1) is 0 Å². The number of ether oxygens (including phenoxy) is 2. The number of rotatable bonds is 21. The van der Waals surface area contributed by atoms with Gasteiger partial charge in [0.1, 0.15) is 30.2 Å². The highest BCUT2D eigenvalue weighted by Gasteiger charge is 2.32. The quantitative estimate of drug-likeness (QED) is 0.0539. The van der Waals surface area contributed by atoms with E-state index in [0.717, 1.165) is 45.1 Å². The van der Waals surface area contributed by atoms with Crippen LogP contribution in [-0.4, -0.2) is 47.0 Å². The molecule has 0 heterocycles. The van der Waals surface area contributed by atoms with Crippen molar-refractivity contribution >= 4 is 17.9 Å². The highest BCUT2D eigenvalue weighted by molar-refractivity contribution is 5.93. The van der Waals surface area contributed by atoms with Gasteiger partial charge in [-0.05, 0) is 69.6 Å². The largest absolute Gasteiger partial charge is 0.480 e. The van der Waals surface area contributed by atoms with Gasteiger partial charge >= 0.3 is 24.1 Å². The number of carboxylic acid groups (broad SMARTS) is 1. The summed E-state index contributed by atoms with van der Waals surface area (Å²) in [5, 5.41) is 22.1. The molecule has 0 amide bonds. The Balaban J connectivity index is 2.39. The highest BCUT2D eigenvalue weighted by Crippen LogP contribution is 2.33. The van der Waals surface area contributed by atoms with Crippen LogP contribution in [0.1, 0.15) is 81.1 Å². The molecule has 1 aromatic carbocycles. The maximum absolute atomic E-state index is 13.0. The molecule has 1 rings (SSSR count). The van der Waals surface area contributed by atoms with E-state index in [9.17, 15) is 37.8 Å². The molecule has 0 saturated heterocycles. The summed E-state index contributed by atoms with van der Waals surface area (Å²) in [5.74, 6) is -4.27. The number of carbonyl (C=O) groups is 3.